The number of nitrogens with zero attached hydrogens (tertiary/aromatic N) is 4. The van der Waals surface area contributed by atoms with Gasteiger partial charge in [-0.1, -0.05) is 35.3 Å². The molecule has 0 atom stereocenters. The molecule has 0 spiro atoms. The number of tetrazole rings is 1. The standard InChI is InChI=1S/C15H11Cl2N5O/c1-9-5-6-10(7-13(9)22-8-18-20-21-22)19-15(23)11-3-2-4-12(16)14(11)17/h2-8H,1H3,(H,19,23). The molecule has 0 fully saturated rings. The van der Waals surface area contributed by atoms with Gasteiger partial charge in [-0.05, 0) is 47.2 Å². The maximum absolute atomic E-state index is 12.4. The van der Waals surface area contributed by atoms with Gasteiger partial charge < -0.3 is 5.32 Å². The molecule has 23 heavy (non-hydrogen) atoms. The summed E-state index contributed by atoms with van der Waals surface area (Å²) in [5.74, 6) is -0.344. The van der Waals surface area contributed by atoms with E-state index in [4.69, 9.17) is 23.2 Å². The lowest BCUT2D eigenvalue weighted by molar-refractivity contribution is 0.102. The van der Waals surface area contributed by atoms with Gasteiger partial charge in [-0.3, -0.25) is 4.79 Å². The first-order valence-electron chi connectivity index (χ1n) is 6.65. The number of amides is 1. The van der Waals surface area contributed by atoms with Gasteiger partial charge in [-0.25, -0.2) is 4.68 Å². The number of halogens is 2. The van der Waals surface area contributed by atoms with Crippen LogP contribution >= 0.6 is 23.2 Å². The fraction of sp³-hybridized carbons (Fsp3) is 0.0667. The summed E-state index contributed by atoms with van der Waals surface area (Å²) in [6, 6.07) is 10.3. The highest BCUT2D eigenvalue weighted by atomic mass is 35.5. The predicted molar refractivity (Wildman–Crippen MR) is 88.3 cm³/mol. The van der Waals surface area contributed by atoms with Gasteiger partial charge in [0.05, 0.1) is 21.3 Å². The Morgan fingerprint density at radius 2 is 2.04 bits per heavy atom. The number of hydrogen-bond acceptors (Lipinski definition) is 4. The van der Waals surface area contributed by atoms with E-state index in [0.717, 1.165) is 11.3 Å². The van der Waals surface area contributed by atoms with E-state index in [1.165, 1.54) is 11.0 Å². The Morgan fingerprint density at radius 1 is 1.22 bits per heavy atom. The lowest BCUT2D eigenvalue weighted by atomic mass is 10.1. The van der Waals surface area contributed by atoms with E-state index in [9.17, 15) is 4.79 Å². The summed E-state index contributed by atoms with van der Waals surface area (Å²) in [7, 11) is 0. The third-order valence-corrected chi connectivity index (χ3v) is 4.08. The zero-order valence-electron chi connectivity index (χ0n) is 12.0. The van der Waals surface area contributed by atoms with Crippen LogP contribution in [-0.4, -0.2) is 26.1 Å². The molecule has 0 radical (unpaired) electrons. The van der Waals surface area contributed by atoms with Crippen LogP contribution in [0.3, 0.4) is 0 Å². The molecule has 6 nitrogen and oxygen atoms in total. The minimum Gasteiger partial charge on any atom is -0.322 e. The largest absolute Gasteiger partial charge is 0.322 e. The van der Waals surface area contributed by atoms with Gasteiger partial charge in [-0.2, -0.15) is 0 Å². The summed E-state index contributed by atoms with van der Waals surface area (Å²) in [6.07, 6.45) is 1.49. The number of benzene rings is 2. The number of carbonyl (C=O) groups excluding carboxylic acids is 1. The van der Waals surface area contributed by atoms with Crippen LogP contribution in [-0.2, 0) is 0 Å². The molecule has 1 amide bonds. The second-order valence-corrected chi connectivity index (χ2v) is 5.60. The van der Waals surface area contributed by atoms with Crippen molar-refractivity contribution in [2.45, 2.75) is 6.92 Å². The Morgan fingerprint density at radius 3 is 2.78 bits per heavy atom. The number of anilines is 1. The van der Waals surface area contributed by atoms with Gasteiger partial charge in [0.2, 0.25) is 0 Å². The maximum atomic E-state index is 12.4. The summed E-state index contributed by atoms with van der Waals surface area (Å²) in [5.41, 5.74) is 2.65. The summed E-state index contributed by atoms with van der Waals surface area (Å²) < 4.78 is 1.53. The van der Waals surface area contributed by atoms with Gasteiger partial charge in [0.1, 0.15) is 6.33 Å². The van der Waals surface area contributed by atoms with Crippen LogP contribution in [0.2, 0.25) is 10.0 Å². The molecule has 116 valence electrons. The number of hydrogen-bond donors (Lipinski definition) is 1. The molecule has 1 heterocycles. The molecule has 0 unspecified atom stereocenters. The van der Waals surface area contributed by atoms with E-state index in [0.29, 0.717) is 16.3 Å². The SMILES string of the molecule is Cc1ccc(NC(=O)c2cccc(Cl)c2Cl)cc1-n1cnnn1. The fourth-order valence-corrected chi connectivity index (χ4v) is 2.47. The number of aryl methyl sites for hydroxylation is 1. The quantitative estimate of drug-likeness (QED) is 0.786. The van der Waals surface area contributed by atoms with E-state index >= 15 is 0 Å². The molecule has 3 rings (SSSR count). The number of rotatable bonds is 3. The Labute approximate surface area is 142 Å². The molecule has 0 saturated heterocycles. The molecule has 0 aliphatic rings. The van der Waals surface area contributed by atoms with Crippen molar-refractivity contribution in [2.75, 3.05) is 5.32 Å². The fourth-order valence-electron chi connectivity index (χ4n) is 2.08. The van der Waals surface area contributed by atoms with E-state index in [1.807, 2.05) is 13.0 Å². The normalized spacial score (nSPS) is 10.6. The van der Waals surface area contributed by atoms with Crippen molar-refractivity contribution in [3.05, 3.63) is 63.9 Å². The zero-order chi connectivity index (χ0) is 16.4. The topological polar surface area (TPSA) is 72.7 Å². The van der Waals surface area contributed by atoms with Gasteiger partial charge in [-0.15, -0.1) is 5.10 Å². The summed E-state index contributed by atoms with van der Waals surface area (Å²) in [6.45, 7) is 1.93. The molecule has 0 aliphatic carbocycles. The third-order valence-electron chi connectivity index (χ3n) is 3.26. The van der Waals surface area contributed by atoms with Gasteiger partial charge in [0, 0.05) is 5.69 Å². The van der Waals surface area contributed by atoms with Crippen molar-refractivity contribution < 1.29 is 4.79 Å². The zero-order valence-corrected chi connectivity index (χ0v) is 13.5. The number of aromatic nitrogens is 4. The van der Waals surface area contributed by atoms with Crippen LogP contribution in [0.1, 0.15) is 15.9 Å². The maximum Gasteiger partial charge on any atom is 0.257 e. The van der Waals surface area contributed by atoms with Crippen molar-refractivity contribution in [3.8, 4) is 5.69 Å². The van der Waals surface area contributed by atoms with Crippen LogP contribution in [0.5, 0.6) is 0 Å². The summed E-state index contributed by atoms with van der Waals surface area (Å²) in [5, 5.41) is 14.4. The molecule has 0 bridgehead atoms. The van der Waals surface area contributed by atoms with Crippen molar-refractivity contribution in [2.24, 2.45) is 0 Å². The van der Waals surface area contributed by atoms with Crippen molar-refractivity contribution >= 4 is 34.8 Å². The average molecular weight is 348 g/mol. The highest BCUT2D eigenvalue weighted by Crippen LogP contribution is 2.26. The first kappa shape index (κ1) is 15.5. The first-order valence-corrected chi connectivity index (χ1v) is 7.41. The van der Waals surface area contributed by atoms with Gasteiger partial charge in [0.15, 0.2) is 0 Å². The number of carbonyl (C=O) groups is 1. The summed E-state index contributed by atoms with van der Waals surface area (Å²) in [4.78, 5) is 12.4. The minimum absolute atomic E-state index is 0.222. The second-order valence-electron chi connectivity index (χ2n) is 4.81. The Bertz CT molecular complexity index is 864. The molecule has 8 heteroatoms. The van der Waals surface area contributed by atoms with E-state index < -0.39 is 0 Å². The molecular formula is C15H11Cl2N5O. The molecule has 1 aromatic heterocycles. The lowest BCUT2D eigenvalue weighted by Crippen LogP contribution is -2.13. The van der Waals surface area contributed by atoms with Crippen LogP contribution in [0.4, 0.5) is 5.69 Å². The lowest BCUT2D eigenvalue weighted by Gasteiger charge is -2.10. The Hall–Kier alpha value is -2.44. The van der Waals surface area contributed by atoms with Crippen molar-refractivity contribution in [1.82, 2.24) is 20.2 Å². The third kappa shape index (κ3) is 3.18. The minimum atomic E-state index is -0.344. The Balaban J connectivity index is 1.90. The smallest absolute Gasteiger partial charge is 0.257 e. The monoisotopic (exact) mass is 347 g/mol. The highest BCUT2D eigenvalue weighted by molar-refractivity contribution is 6.44. The number of nitrogens with one attached hydrogen (secondary N) is 1. The van der Waals surface area contributed by atoms with E-state index in [2.05, 4.69) is 20.8 Å². The summed E-state index contributed by atoms with van der Waals surface area (Å²) >= 11 is 12.0. The average Bonchev–Trinajstić information content (AvgIpc) is 3.06. The van der Waals surface area contributed by atoms with E-state index in [1.54, 1.807) is 30.3 Å². The van der Waals surface area contributed by atoms with Crippen molar-refractivity contribution in [3.63, 3.8) is 0 Å². The molecular weight excluding hydrogens is 337 g/mol. The van der Waals surface area contributed by atoms with Crippen LogP contribution in [0, 0.1) is 6.92 Å². The highest BCUT2D eigenvalue weighted by Gasteiger charge is 2.13. The van der Waals surface area contributed by atoms with E-state index in [-0.39, 0.29) is 10.9 Å². The molecule has 1 N–H and O–H groups in total. The molecule has 2 aromatic carbocycles. The van der Waals surface area contributed by atoms with Crippen molar-refractivity contribution in [1.29, 1.82) is 0 Å². The Kier molecular flexibility index (Phi) is 4.27. The van der Waals surface area contributed by atoms with Gasteiger partial charge >= 0.3 is 0 Å². The molecule has 0 aliphatic heterocycles. The van der Waals surface area contributed by atoms with Crippen LogP contribution < -0.4 is 5.32 Å². The van der Waals surface area contributed by atoms with Crippen LogP contribution in [0.25, 0.3) is 5.69 Å². The second kappa shape index (κ2) is 6.36. The molecule has 0 saturated carbocycles. The van der Waals surface area contributed by atoms with Gasteiger partial charge in [0.25, 0.3) is 5.91 Å². The molecule has 3 aromatic rings. The van der Waals surface area contributed by atoms with Crippen LogP contribution in [0.15, 0.2) is 42.7 Å². The first-order chi connectivity index (χ1) is 11.1. The predicted octanol–water partition coefficient (Wildman–Crippen LogP) is 3.53.